The molecular weight excluding hydrogens is 387 g/mol. The van der Waals surface area contributed by atoms with Gasteiger partial charge in [0, 0.05) is 35.1 Å². The van der Waals surface area contributed by atoms with E-state index in [1.807, 2.05) is 39.0 Å². The van der Waals surface area contributed by atoms with Gasteiger partial charge in [-0.25, -0.2) is 0 Å². The number of nitrogens with one attached hydrogen (secondary N) is 1. The summed E-state index contributed by atoms with van der Waals surface area (Å²) in [6, 6.07) is 7.37. The maximum absolute atomic E-state index is 11.6. The van der Waals surface area contributed by atoms with E-state index in [0.717, 1.165) is 25.1 Å². The molecule has 1 heterocycles. The van der Waals surface area contributed by atoms with Crippen molar-refractivity contribution in [2.75, 3.05) is 24.5 Å². The number of amides is 1. The van der Waals surface area contributed by atoms with E-state index in [-0.39, 0.29) is 46.6 Å². The number of piperazine rings is 1. The van der Waals surface area contributed by atoms with E-state index in [0.29, 0.717) is 18.1 Å². The third-order valence-corrected chi connectivity index (χ3v) is 6.71. The van der Waals surface area contributed by atoms with E-state index in [9.17, 15) is 14.4 Å². The summed E-state index contributed by atoms with van der Waals surface area (Å²) < 4.78 is 0. The zero-order valence-corrected chi connectivity index (χ0v) is 17.5. The van der Waals surface area contributed by atoms with Crippen molar-refractivity contribution in [2.45, 2.75) is 33.6 Å². The Bertz CT molecular complexity index is 765. The van der Waals surface area contributed by atoms with E-state index in [4.69, 9.17) is 11.6 Å². The minimum absolute atomic E-state index is 0. The van der Waals surface area contributed by atoms with Gasteiger partial charge in [-0.15, -0.1) is 12.4 Å². The van der Waals surface area contributed by atoms with Crippen LogP contribution in [-0.2, 0) is 14.4 Å². The highest BCUT2D eigenvalue weighted by molar-refractivity contribution is 6.43. The molecule has 27 heavy (non-hydrogen) atoms. The minimum Gasteiger partial charge on any atom is -0.310 e. The zero-order valence-electron chi connectivity index (χ0n) is 15.9. The predicted octanol–water partition coefficient (Wildman–Crippen LogP) is 3.28. The van der Waals surface area contributed by atoms with E-state index in [1.165, 1.54) is 0 Å². The number of benzene rings is 1. The summed E-state index contributed by atoms with van der Waals surface area (Å²) >= 11 is 5.86. The van der Waals surface area contributed by atoms with Gasteiger partial charge >= 0.3 is 0 Å². The van der Waals surface area contributed by atoms with Crippen LogP contribution in [0.15, 0.2) is 24.3 Å². The molecule has 3 fully saturated rings. The molecule has 0 aromatic heterocycles. The first kappa shape index (κ1) is 21.9. The van der Waals surface area contributed by atoms with Crippen molar-refractivity contribution in [3.05, 3.63) is 29.3 Å². The standard InChI is InChI=1S/C10H11ClN2O.C10H14O2.ClH/c11-8-2-1-3-9(6-8)13-5-4-12-7-10(13)14;1-9(2)6-4-5-10(9,3)8(12)7(6)11;/h1-3,6,12H,4-5,7H2;6H,4-5H2,1-3H3;1H. The topological polar surface area (TPSA) is 66.5 Å². The van der Waals surface area contributed by atoms with Crippen molar-refractivity contribution >= 4 is 47.2 Å². The Morgan fingerprint density at radius 3 is 2.37 bits per heavy atom. The van der Waals surface area contributed by atoms with Crippen LogP contribution in [0.4, 0.5) is 5.69 Å². The molecule has 1 aliphatic heterocycles. The SMILES string of the molecule is CC12CCC(C(=O)C1=O)C2(C)C.Cl.O=C1CNCCN1c1cccc(Cl)c1. The van der Waals surface area contributed by atoms with Crippen molar-refractivity contribution in [1.82, 2.24) is 5.32 Å². The lowest BCUT2D eigenvalue weighted by atomic mass is 9.70. The molecule has 2 aliphatic carbocycles. The molecule has 2 atom stereocenters. The molecule has 3 aliphatic rings. The maximum atomic E-state index is 11.6. The number of carbonyl (C=O) groups is 3. The van der Waals surface area contributed by atoms with Crippen molar-refractivity contribution in [3.8, 4) is 0 Å². The fourth-order valence-electron chi connectivity index (χ4n) is 4.32. The summed E-state index contributed by atoms with van der Waals surface area (Å²) in [4.78, 5) is 36.3. The first-order chi connectivity index (χ1) is 12.2. The molecule has 0 spiro atoms. The Balaban J connectivity index is 0.000000189. The number of Topliss-reactive ketones (excluding diaryl/α,β-unsaturated/α-hetero) is 2. The molecule has 2 unspecified atom stereocenters. The van der Waals surface area contributed by atoms with Crippen molar-refractivity contribution in [3.63, 3.8) is 0 Å². The molecule has 1 N–H and O–H groups in total. The maximum Gasteiger partial charge on any atom is 0.240 e. The lowest BCUT2D eigenvalue weighted by Crippen LogP contribution is -2.48. The van der Waals surface area contributed by atoms with Gasteiger partial charge in [-0.3, -0.25) is 14.4 Å². The number of anilines is 1. The fourth-order valence-corrected chi connectivity index (χ4v) is 4.50. The monoisotopic (exact) mass is 412 g/mol. The summed E-state index contributed by atoms with van der Waals surface area (Å²) in [5.41, 5.74) is 0.430. The van der Waals surface area contributed by atoms with Gasteiger partial charge in [-0.1, -0.05) is 38.4 Å². The highest BCUT2D eigenvalue weighted by Crippen LogP contribution is 2.61. The Hall–Kier alpha value is -1.43. The molecule has 5 nitrogen and oxygen atoms in total. The first-order valence-electron chi connectivity index (χ1n) is 9.04. The number of hydrogen-bond donors (Lipinski definition) is 1. The van der Waals surface area contributed by atoms with Gasteiger partial charge in [0.15, 0.2) is 0 Å². The lowest BCUT2D eigenvalue weighted by molar-refractivity contribution is -0.141. The van der Waals surface area contributed by atoms with Gasteiger partial charge in [-0.05, 0) is 36.5 Å². The quantitative estimate of drug-likeness (QED) is 0.718. The molecular formula is C20H26Cl2N2O3. The molecule has 4 rings (SSSR count). The van der Waals surface area contributed by atoms with Crippen LogP contribution in [0.25, 0.3) is 0 Å². The van der Waals surface area contributed by atoms with Gasteiger partial charge in [0.2, 0.25) is 17.5 Å². The third-order valence-electron chi connectivity index (χ3n) is 6.48. The van der Waals surface area contributed by atoms with E-state index in [1.54, 1.807) is 11.0 Å². The molecule has 1 saturated heterocycles. The Labute approximate surface area is 171 Å². The Kier molecular flexibility index (Phi) is 6.40. The van der Waals surface area contributed by atoms with Crippen LogP contribution in [0, 0.1) is 16.7 Å². The van der Waals surface area contributed by atoms with Crippen LogP contribution in [0.3, 0.4) is 0 Å². The highest BCUT2D eigenvalue weighted by atomic mass is 35.5. The zero-order chi connectivity index (χ0) is 19.1. The second-order valence-electron chi connectivity index (χ2n) is 8.04. The van der Waals surface area contributed by atoms with Gasteiger partial charge in [-0.2, -0.15) is 0 Å². The second-order valence-corrected chi connectivity index (χ2v) is 8.48. The van der Waals surface area contributed by atoms with E-state index in [2.05, 4.69) is 5.32 Å². The highest BCUT2D eigenvalue weighted by Gasteiger charge is 2.66. The van der Waals surface area contributed by atoms with Crippen LogP contribution >= 0.6 is 24.0 Å². The number of fused-ring (bicyclic) bond motifs is 2. The van der Waals surface area contributed by atoms with Crippen LogP contribution in [0.1, 0.15) is 33.6 Å². The van der Waals surface area contributed by atoms with E-state index >= 15 is 0 Å². The number of ketones is 2. The second kappa shape index (κ2) is 7.90. The van der Waals surface area contributed by atoms with Crippen LogP contribution in [0.2, 0.25) is 5.02 Å². The summed E-state index contributed by atoms with van der Waals surface area (Å²) in [6.45, 7) is 7.99. The molecule has 2 saturated carbocycles. The first-order valence-corrected chi connectivity index (χ1v) is 9.41. The van der Waals surface area contributed by atoms with Gasteiger partial charge < -0.3 is 10.2 Å². The van der Waals surface area contributed by atoms with Crippen LogP contribution in [-0.4, -0.2) is 37.1 Å². The molecule has 0 radical (unpaired) electrons. The molecule has 7 heteroatoms. The molecule has 148 valence electrons. The average Bonchev–Trinajstić information content (AvgIpc) is 2.90. The minimum atomic E-state index is -0.352. The van der Waals surface area contributed by atoms with Crippen LogP contribution < -0.4 is 10.2 Å². The summed E-state index contributed by atoms with van der Waals surface area (Å²) in [6.07, 6.45) is 1.81. The fraction of sp³-hybridized carbons (Fsp3) is 0.550. The smallest absolute Gasteiger partial charge is 0.240 e. The van der Waals surface area contributed by atoms with Gasteiger partial charge in [0.05, 0.1) is 6.54 Å². The van der Waals surface area contributed by atoms with Crippen LogP contribution in [0.5, 0.6) is 0 Å². The molecule has 2 bridgehead atoms. The Morgan fingerprint density at radius 1 is 1.19 bits per heavy atom. The van der Waals surface area contributed by atoms with Crippen molar-refractivity contribution < 1.29 is 14.4 Å². The van der Waals surface area contributed by atoms with Gasteiger partial charge in [0.25, 0.3) is 0 Å². The normalized spacial score (nSPS) is 28.5. The predicted molar refractivity (Wildman–Crippen MR) is 109 cm³/mol. The molecule has 1 amide bonds. The number of nitrogens with zero attached hydrogens (tertiary/aromatic N) is 1. The number of carbonyl (C=O) groups excluding carboxylic acids is 3. The Morgan fingerprint density at radius 2 is 1.89 bits per heavy atom. The average molecular weight is 413 g/mol. The largest absolute Gasteiger partial charge is 0.310 e. The molecule has 1 aromatic carbocycles. The summed E-state index contributed by atoms with van der Waals surface area (Å²) in [7, 11) is 0. The van der Waals surface area contributed by atoms with E-state index < -0.39 is 0 Å². The molecule has 1 aromatic rings. The number of halogens is 2. The summed E-state index contributed by atoms with van der Waals surface area (Å²) in [5.74, 6) is -0.133. The van der Waals surface area contributed by atoms with Gasteiger partial charge in [0.1, 0.15) is 0 Å². The van der Waals surface area contributed by atoms with Crippen molar-refractivity contribution in [1.29, 1.82) is 0 Å². The third kappa shape index (κ3) is 3.65. The summed E-state index contributed by atoms with van der Waals surface area (Å²) in [5, 5.41) is 3.69. The number of hydrogen-bond acceptors (Lipinski definition) is 4. The lowest BCUT2D eigenvalue weighted by Gasteiger charge is -2.31. The number of rotatable bonds is 1. The van der Waals surface area contributed by atoms with Crippen molar-refractivity contribution in [2.24, 2.45) is 16.7 Å².